The molecule has 3 rings (SSSR count). The van der Waals surface area contributed by atoms with Crippen molar-refractivity contribution in [3.63, 3.8) is 0 Å². The van der Waals surface area contributed by atoms with Crippen molar-refractivity contribution in [3.8, 4) is 11.3 Å². The van der Waals surface area contributed by atoms with Crippen LogP contribution in [0.4, 0.5) is 28.8 Å². The SMILES string of the molecule is CCC(O)CCN(C)CCNC(=O)N(c1cccc(C(F)(F)F)c1)c1nc(-c2cc(C)cc(Cl)c2)cs1. The molecule has 11 heteroatoms. The third-order valence-electron chi connectivity index (χ3n) is 5.74. The summed E-state index contributed by atoms with van der Waals surface area (Å²) in [6.07, 6.45) is -3.66. The lowest BCUT2D eigenvalue weighted by atomic mass is 10.1. The molecule has 1 atom stereocenters. The minimum atomic E-state index is -4.56. The second-order valence-corrected chi connectivity index (χ2v) is 10.1. The number of rotatable bonds is 10. The van der Waals surface area contributed by atoms with Gasteiger partial charge in [0.05, 0.1) is 23.0 Å². The number of alkyl halides is 3. The molecule has 1 heterocycles. The second kappa shape index (κ2) is 12.7. The van der Waals surface area contributed by atoms with Gasteiger partial charge in [0.2, 0.25) is 0 Å². The Balaban J connectivity index is 1.85. The Morgan fingerprint density at radius 3 is 2.65 bits per heavy atom. The second-order valence-electron chi connectivity index (χ2n) is 8.80. The van der Waals surface area contributed by atoms with E-state index in [1.54, 1.807) is 17.5 Å². The van der Waals surface area contributed by atoms with Gasteiger partial charge in [-0.25, -0.2) is 14.7 Å². The van der Waals surface area contributed by atoms with E-state index in [4.69, 9.17) is 11.6 Å². The predicted octanol–water partition coefficient (Wildman–Crippen LogP) is 6.73. The number of aryl methyl sites for hydroxylation is 1. The highest BCUT2D eigenvalue weighted by Gasteiger charge is 2.32. The number of halogens is 4. The van der Waals surface area contributed by atoms with Gasteiger partial charge in [-0.3, -0.25) is 0 Å². The first kappa shape index (κ1) is 28.9. The lowest BCUT2D eigenvalue weighted by Gasteiger charge is -2.23. The van der Waals surface area contributed by atoms with Crippen LogP contribution in [0.3, 0.4) is 0 Å². The van der Waals surface area contributed by atoms with E-state index in [1.165, 1.54) is 12.1 Å². The largest absolute Gasteiger partial charge is 0.416 e. The minimum Gasteiger partial charge on any atom is -0.393 e. The number of amides is 2. The number of anilines is 2. The van der Waals surface area contributed by atoms with Gasteiger partial charge in [0, 0.05) is 35.6 Å². The first-order valence-electron chi connectivity index (χ1n) is 11.8. The molecule has 1 aromatic heterocycles. The van der Waals surface area contributed by atoms with Gasteiger partial charge in [0.1, 0.15) is 0 Å². The maximum atomic E-state index is 13.4. The van der Waals surface area contributed by atoms with Crippen LogP contribution in [0, 0.1) is 6.92 Å². The Morgan fingerprint density at radius 2 is 1.97 bits per heavy atom. The Bertz CT molecular complexity index is 1180. The molecule has 3 aromatic rings. The fraction of sp³-hybridized carbons (Fsp3) is 0.385. The minimum absolute atomic E-state index is 0.0509. The zero-order valence-corrected chi connectivity index (χ0v) is 22.4. The first-order valence-corrected chi connectivity index (χ1v) is 13.1. The molecule has 0 aliphatic carbocycles. The number of aromatic nitrogens is 1. The van der Waals surface area contributed by atoms with Crippen molar-refractivity contribution in [3.05, 3.63) is 64.0 Å². The van der Waals surface area contributed by atoms with Crippen molar-refractivity contribution in [1.29, 1.82) is 0 Å². The summed E-state index contributed by atoms with van der Waals surface area (Å²) in [5.74, 6) is 0. The van der Waals surface area contributed by atoms with E-state index >= 15 is 0 Å². The summed E-state index contributed by atoms with van der Waals surface area (Å²) >= 11 is 7.33. The third kappa shape index (κ3) is 8.16. The van der Waals surface area contributed by atoms with Crippen LogP contribution < -0.4 is 10.2 Å². The van der Waals surface area contributed by atoms with Crippen LogP contribution in [0.2, 0.25) is 5.02 Å². The molecule has 2 amide bonds. The predicted molar refractivity (Wildman–Crippen MR) is 143 cm³/mol. The van der Waals surface area contributed by atoms with Gasteiger partial charge in [-0.15, -0.1) is 11.3 Å². The zero-order valence-electron chi connectivity index (χ0n) is 20.8. The van der Waals surface area contributed by atoms with E-state index in [2.05, 4.69) is 10.3 Å². The number of benzene rings is 2. The summed E-state index contributed by atoms with van der Waals surface area (Å²) in [5.41, 5.74) is 1.42. The fourth-order valence-corrected chi connectivity index (χ4v) is 4.78. The van der Waals surface area contributed by atoms with Gasteiger partial charge < -0.3 is 15.3 Å². The number of aliphatic hydroxyl groups is 1. The van der Waals surface area contributed by atoms with E-state index < -0.39 is 17.8 Å². The highest BCUT2D eigenvalue weighted by atomic mass is 35.5. The van der Waals surface area contributed by atoms with Crippen LogP contribution in [0.5, 0.6) is 0 Å². The molecule has 0 saturated heterocycles. The van der Waals surface area contributed by atoms with Crippen LogP contribution in [0.15, 0.2) is 47.8 Å². The van der Waals surface area contributed by atoms with Crippen molar-refractivity contribution in [2.75, 3.05) is 31.6 Å². The average molecular weight is 555 g/mol. The van der Waals surface area contributed by atoms with E-state index in [0.717, 1.165) is 39.5 Å². The molecule has 0 aliphatic rings. The van der Waals surface area contributed by atoms with Crippen LogP contribution >= 0.6 is 22.9 Å². The lowest BCUT2D eigenvalue weighted by molar-refractivity contribution is -0.137. The monoisotopic (exact) mass is 554 g/mol. The lowest BCUT2D eigenvalue weighted by Crippen LogP contribution is -2.41. The molecule has 0 radical (unpaired) electrons. The number of carbonyl (C=O) groups is 1. The molecule has 2 aromatic carbocycles. The van der Waals surface area contributed by atoms with Crippen LogP contribution in [-0.2, 0) is 6.18 Å². The number of hydrogen-bond acceptors (Lipinski definition) is 5. The average Bonchev–Trinajstić information content (AvgIpc) is 3.31. The number of thiazole rings is 1. The van der Waals surface area contributed by atoms with E-state index in [9.17, 15) is 23.1 Å². The van der Waals surface area contributed by atoms with Crippen molar-refractivity contribution in [1.82, 2.24) is 15.2 Å². The number of carbonyl (C=O) groups excluding carboxylic acids is 1. The number of nitrogens with one attached hydrogen (secondary N) is 1. The summed E-state index contributed by atoms with van der Waals surface area (Å²) in [6, 6.07) is 9.45. The summed E-state index contributed by atoms with van der Waals surface area (Å²) in [4.78, 5) is 21.0. The molecule has 37 heavy (non-hydrogen) atoms. The number of hydrogen-bond donors (Lipinski definition) is 2. The highest BCUT2D eigenvalue weighted by molar-refractivity contribution is 7.14. The summed E-state index contributed by atoms with van der Waals surface area (Å²) in [6.45, 7) is 5.22. The van der Waals surface area contributed by atoms with Gasteiger partial charge in [-0.1, -0.05) is 24.6 Å². The Hall–Kier alpha value is -2.66. The van der Waals surface area contributed by atoms with Crippen LogP contribution in [-0.4, -0.2) is 53.8 Å². The van der Waals surface area contributed by atoms with E-state index in [-0.39, 0.29) is 23.5 Å². The standard InChI is InChI=1S/C26H30ClF3N4O2S/c1-4-22(35)8-10-33(3)11-9-31-24(36)34(21-7-5-6-19(15-21)26(28,29)30)25-32-23(16-37-25)18-12-17(2)13-20(27)14-18/h5-7,12-16,22,35H,4,8-11H2,1-3H3,(H,31,36). The molecule has 1 unspecified atom stereocenters. The third-order valence-corrected chi connectivity index (χ3v) is 6.79. The highest BCUT2D eigenvalue weighted by Crippen LogP contribution is 2.36. The van der Waals surface area contributed by atoms with Gasteiger partial charge >= 0.3 is 12.2 Å². The van der Waals surface area contributed by atoms with Crippen molar-refractivity contribution >= 4 is 39.8 Å². The molecular formula is C26H30ClF3N4O2S. The van der Waals surface area contributed by atoms with Crippen molar-refractivity contribution in [2.24, 2.45) is 0 Å². The number of likely N-dealkylation sites (N-methyl/N-ethyl adjacent to an activating group) is 1. The van der Waals surface area contributed by atoms with E-state index in [1.807, 2.05) is 31.9 Å². The van der Waals surface area contributed by atoms with Gasteiger partial charge in [0.25, 0.3) is 0 Å². The molecule has 0 saturated carbocycles. The smallest absolute Gasteiger partial charge is 0.393 e. The fourth-order valence-electron chi connectivity index (χ4n) is 3.64. The summed E-state index contributed by atoms with van der Waals surface area (Å²) in [7, 11) is 1.87. The number of nitrogens with zero attached hydrogens (tertiary/aromatic N) is 3. The van der Waals surface area contributed by atoms with E-state index in [0.29, 0.717) is 36.6 Å². The molecule has 200 valence electrons. The van der Waals surface area contributed by atoms with Crippen LogP contribution in [0.25, 0.3) is 11.3 Å². The zero-order chi connectivity index (χ0) is 27.2. The molecule has 0 fully saturated rings. The number of urea groups is 1. The molecule has 6 nitrogen and oxygen atoms in total. The van der Waals surface area contributed by atoms with Gasteiger partial charge in [-0.2, -0.15) is 13.2 Å². The first-order chi connectivity index (χ1) is 17.5. The van der Waals surface area contributed by atoms with Gasteiger partial charge in [-0.05, 0) is 68.8 Å². The van der Waals surface area contributed by atoms with Crippen molar-refractivity contribution in [2.45, 2.75) is 39.0 Å². The molecule has 2 N–H and O–H groups in total. The summed E-state index contributed by atoms with van der Waals surface area (Å²) < 4.78 is 40.2. The molecule has 0 bridgehead atoms. The number of aliphatic hydroxyl groups excluding tert-OH is 1. The Kier molecular flexibility index (Phi) is 9.94. The van der Waals surface area contributed by atoms with Crippen molar-refractivity contribution < 1.29 is 23.1 Å². The maximum Gasteiger partial charge on any atom is 0.416 e. The summed E-state index contributed by atoms with van der Waals surface area (Å²) in [5, 5.41) is 15.0. The Labute approximate surface area is 223 Å². The normalized spacial score (nSPS) is 12.6. The van der Waals surface area contributed by atoms with Crippen LogP contribution in [0.1, 0.15) is 30.9 Å². The molecular weight excluding hydrogens is 525 g/mol. The maximum absolute atomic E-state index is 13.4. The Morgan fingerprint density at radius 1 is 1.22 bits per heavy atom. The molecule has 0 spiro atoms. The topological polar surface area (TPSA) is 68.7 Å². The quantitative estimate of drug-likeness (QED) is 0.291. The molecule has 0 aliphatic heterocycles. The van der Waals surface area contributed by atoms with Gasteiger partial charge in [0.15, 0.2) is 5.13 Å².